The normalized spacial score (nSPS) is 12.6. The highest BCUT2D eigenvalue weighted by Crippen LogP contribution is 2.31. The first-order valence-electron chi connectivity index (χ1n) is 9.10. The molecule has 0 radical (unpaired) electrons. The second-order valence-corrected chi connectivity index (χ2v) is 8.54. The van der Waals surface area contributed by atoms with Crippen LogP contribution in [-0.4, -0.2) is 29.2 Å². The molecule has 0 bridgehead atoms. The number of hydrogen-bond acceptors (Lipinski definition) is 9. The number of carbonyl (C=O) groups is 1. The van der Waals surface area contributed by atoms with Crippen molar-refractivity contribution < 1.29 is 34.2 Å². The van der Waals surface area contributed by atoms with E-state index in [2.05, 4.69) is 41.6 Å². The lowest BCUT2D eigenvalue weighted by Crippen LogP contribution is -2.15. The molecule has 0 aliphatic heterocycles. The molecule has 0 aliphatic carbocycles. The van der Waals surface area contributed by atoms with E-state index in [4.69, 9.17) is 9.78 Å². The highest BCUT2D eigenvalue weighted by atomic mass is 79.9. The summed E-state index contributed by atoms with van der Waals surface area (Å²) in [6, 6.07) is 8.96. The van der Waals surface area contributed by atoms with Crippen molar-refractivity contribution in [3.8, 4) is 0 Å². The van der Waals surface area contributed by atoms with Gasteiger partial charge in [0.25, 0.3) is 11.4 Å². The van der Waals surface area contributed by atoms with E-state index in [1.807, 2.05) is 0 Å². The van der Waals surface area contributed by atoms with Crippen LogP contribution in [0.1, 0.15) is 36.8 Å². The lowest BCUT2D eigenvalue weighted by atomic mass is 10.0. The maximum Gasteiger partial charge on any atom is 0.573 e. The van der Waals surface area contributed by atoms with Gasteiger partial charge in [-0.3, -0.25) is 30.0 Å². The van der Waals surface area contributed by atoms with E-state index in [1.54, 1.807) is 38.1 Å². The molecule has 2 aromatic rings. The second-order valence-electron chi connectivity index (χ2n) is 6.71. The molecule has 0 heterocycles. The molecule has 0 saturated heterocycles. The fourth-order valence-electron chi connectivity index (χ4n) is 2.73. The highest BCUT2D eigenvalue weighted by Gasteiger charge is 2.22. The van der Waals surface area contributed by atoms with Crippen molar-refractivity contribution in [1.29, 1.82) is 0 Å². The van der Waals surface area contributed by atoms with E-state index in [9.17, 15) is 25.0 Å². The summed E-state index contributed by atoms with van der Waals surface area (Å²) in [6.45, 7) is 2.97. The molecule has 11 nitrogen and oxygen atoms in total. The van der Waals surface area contributed by atoms with Gasteiger partial charge in [0.2, 0.25) is 0 Å². The number of hydrogen-bond donors (Lipinski definition) is 0. The molecular formula is C19H18Br2N2O9. The summed E-state index contributed by atoms with van der Waals surface area (Å²) in [5.41, 5.74) is 0.598. The van der Waals surface area contributed by atoms with Gasteiger partial charge < -0.3 is 0 Å². The van der Waals surface area contributed by atoms with E-state index < -0.39 is 27.8 Å². The third kappa shape index (κ3) is 7.22. The van der Waals surface area contributed by atoms with Gasteiger partial charge in [-0.15, -0.1) is 0 Å². The van der Waals surface area contributed by atoms with Crippen LogP contribution in [-0.2, 0) is 19.6 Å². The fourth-order valence-corrected chi connectivity index (χ4v) is 3.49. The van der Waals surface area contributed by atoms with Crippen LogP contribution < -0.4 is 0 Å². The molecule has 2 rings (SSSR count). The molecule has 0 amide bonds. The molecule has 0 aromatic heterocycles. The lowest BCUT2D eigenvalue weighted by Gasteiger charge is -2.13. The third-order valence-electron chi connectivity index (χ3n) is 4.32. The average Bonchev–Trinajstić information content (AvgIpc) is 2.72. The molecule has 2 atom stereocenters. The number of nitro benzene ring substituents is 2. The zero-order valence-corrected chi connectivity index (χ0v) is 20.0. The van der Waals surface area contributed by atoms with Gasteiger partial charge in [-0.2, -0.15) is 14.6 Å². The predicted octanol–water partition coefficient (Wildman–Crippen LogP) is 5.95. The quantitative estimate of drug-likeness (QED) is 0.190. The number of carbonyl (C=O) groups excluding carboxylic acids is 1. The minimum absolute atomic E-state index is 0.0918. The maximum atomic E-state index is 11.6. The van der Waals surface area contributed by atoms with Crippen LogP contribution in [0.4, 0.5) is 16.2 Å². The van der Waals surface area contributed by atoms with Crippen molar-refractivity contribution in [2.75, 3.05) is 13.2 Å². The van der Waals surface area contributed by atoms with Crippen molar-refractivity contribution in [2.45, 2.75) is 25.7 Å². The molecule has 0 spiro atoms. The van der Waals surface area contributed by atoms with E-state index in [0.29, 0.717) is 20.1 Å². The van der Waals surface area contributed by atoms with Crippen molar-refractivity contribution in [1.82, 2.24) is 0 Å². The Morgan fingerprint density at radius 3 is 1.56 bits per heavy atom. The van der Waals surface area contributed by atoms with Gasteiger partial charge in [-0.25, -0.2) is 0 Å². The standard InChI is InChI=1S/C19H18Br2N2O9/c1-11(15-7-13(20)3-5-17(15)22(25)26)9-29-31-19(24)32-30-10-12(2)16-8-14(21)4-6-18(16)23(27)28/h3-8,11-12H,9-10H2,1-2H3. The summed E-state index contributed by atoms with van der Waals surface area (Å²) in [5, 5.41) is 22.3. The van der Waals surface area contributed by atoms with Crippen LogP contribution in [0.5, 0.6) is 0 Å². The topological polar surface area (TPSA) is 140 Å². The van der Waals surface area contributed by atoms with Gasteiger partial charge in [0, 0.05) is 44.0 Å². The Kier molecular flexibility index (Phi) is 9.50. The summed E-state index contributed by atoms with van der Waals surface area (Å²) >= 11 is 6.51. The molecule has 2 aromatic carbocycles. The molecule has 0 N–H and O–H groups in total. The van der Waals surface area contributed by atoms with Crippen LogP contribution in [0.3, 0.4) is 0 Å². The number of rotatable bonds is 10. The molecule has 32 heavy (non-hydrogen) atoms. The Hall–Kier alpha value is -2.61. The molecule has 0 aliphatic rings. The van der Waals surface area contributed by atoms with Crippen molar-refractivity contribution >= 4 is 49.4 Å². The van der Waals surface area contributed by atoms with E-state index in [-0.39, 0.29) is 24.6 Å². The molecule has 172 valence electrons. The van der Waals surface area contributed by atoms with Gasteiger partial charge in [0.05, 0.1) is 9.85 Å². The Morgan fingerprint density at radius 1 is 0.844 bits per heavy atom. The number of nitrogens with zero attached hydrogens (tertiary/aromatic N) is 2. The average molecular weight is 578 g/mol. The van der Waals surface area contributed by atoms with Crippen molar-refractivity contribution in [3.05, 3.63) is 76.7 Å². The third-order valence-corrected chi connectivity index (χ3v) is 5.31. The highest BCUT2D eigenvalue weighted by molar-refractivity contribution is 9.10. The smallest absolute Gasteiger partial charge is 0.258 e. The number of nitro groups is 2. The molecular weight excluding hydrogens is 560 g/mol. The number of halogens is 2. The minimum Gasteiger partial charge on any atom is -0.258 e. The summed E-state index contributed by atoms with van der Waals surface area (Å²) in [5.74, 6) is -0.947. The van der Waals surface area contributed by atoms with Crippen molar-refractivity contribution in [2.24, 2.45) is 0 Å². The summed E-state index contributed by atoms with van der Waals surface area (Å²) in [7, 11) is 0. The lowest BCUT2D eigenvalue weighted by molar-refractivity contribution is -0.386. The summed E-state index contributed by atoms with van der Waals surface area (Å²) in [4.78, 5) is 51.4. The monoisotopic (exact) mass is 576 g/mol. The van der Waals surface area contributed by atoms with Gasteiger partial charge in [0.15, 0.2) is 0 Å². The first-order chi connectivity index (χ1) is 15.1. The first kappa shape index (κ1) is 25.6. The van der Waals surface area contributed by atoms with Gasteiger partial charge in [-0.1, -0.05) is 45.7 Å². The van der Waals surface area contributed by atoms with E-state index in [0.717, 1.165) is 0 Å². The summed E-state index contributed by atoms with van der Waals surface area (Å²) in [6.07, 6.45) is -1.29. The first-order valence-corrected chi connectivity index (χ1v) is 10.7. The summed E-state index contributed by atoms with van der Waals surface area (Å²) < 4.78 is 1.30. The van der Waals surface area contributed by atoms with Gasteiger partial charge in [-0.05, 0) is 24.3 Å². The molecule has 13 heteroatoms. The Labute approximate surface area is 199 Å². The van der Waals surface area contributed by atoms with Crippen LogP contribution >= 0.6 is 31.9 Å². The zero-order chi connectivity index (χ0) is 23.8. The van der Waals surface area contributed by atoms with E-state index >= 15 is 0 Å². The van der Waals surface area contributed by atoms with Gasteiger partial charge >= 0.3 is 6.16 Å². The fraction of sp³-hybridized carbons (Fsp3) is 0.316. The van der Waals surface area contributed by atoms with Crippen LogP contribution in [0.2, 0.25) is 0 Å². The zero-order valence-electron chi connectivity index (χ0n) is 16.9. The SMILES string of the molecule is CC(COOC(=O)OOCC(C)c1cc(Br)ccc1[N+](=O)[O-])c1cc(Br)ccc1[N+](=O)[O-]. The Morgan fingerprint density at radius 2 is 1.22 bits per heavy atom. The molecule has 0 fully saturated rings. The largest absolute Gasteiger partial charge is 0.573 e. The Bertz CT molecular complexity index is 925. The second kappa shape index (κ2) is 11.9. The van der Waals surface area contributed by atoms with E-state index in [1.165, 1.54) is 12.1 Å². The van der Waals surface area contributed by atoms with Crippen LogP contribution in [0.15, 0.2) is 45.3 Å². The molecule has 0 saturated carbocycles. The van der Waals surface area contributed by atoms with Crippen LogP contribution in [0.25, 0.3) is 0 Å². The van der Waals surface area contributed by atoms with Gasteiger partial charge in [0.1, 0.15) is 13.2 Å². The maximum absolute atomic E-state index is 11.6. The Balaban J connectivity index is 1.81. The van der Waals surface area contributed by atoms with Crippen molar-refractivity contribution in [3.63, 3.8) is 0 Å². The number of benzene rings is 2. The predicted molar refractivity (Wildman–Crippen MR) is 118 cm³/mol. The molecule has 2 unspecified atom stereocenters. The minimum atomic E-state index is -1.29. The van der Waals surface area contributed by atoms with Crippen LogP contribution in [0, 0.1) is 20.2 Å².